The van der Waals surface area contributed by atoms with Gasteiger partial charge in [-0.15, -0.1) is 11.8 Å². The molecule has 0 aliphatic rings. The van der Waals surface area contributed by atoms with Crippen LogP contribution in [-0.2, 0) is 11.2 Å². The highest BCUT2D eigenvalue weighted by Crippen LogP contribution is 2.35. The average Bonchev–Trinajstić information content (AvgIpc) is 2.38. The Kier molecular flexibility index (Phi) is 5.61. The van der Waals surface area contributed by atoms with Crippen molar-refractivity contribution in [2.45, 2.75) is 36.4 Å². The van der Waals surface area contributed by atoms with Crippen LogP contribution in [0.4, 0.5) is 22.0 Å². The van der Waals surface area contributed by atoms with Crippen LogP contribution in [0.15, 0.2) is 29.2 Å². The Bertz CT molecular complexity index is 486. The lowest BCUT2D eigenvalue weighted by atomic mass is 10.1. The number of hydrogen-bond acceptors (Lipinski definition) is 2. The second-order valence-electron chi connectivity index (χ2n) is 4.50. The van der Waals surface area contributed by atoms with Gasteiger partial charge in [0.1, 0.15) is 0 Å². The molecule has 21 heavy (non-hydrogen) atoms. The summed E-state index contributed by atoms with van der Waals surface area (Å²) in [5.41, 5.74) is 0.732. The fraction of sp³-hybridized carbons (Fsp3) is 0.462. The van der Waals surface area contributed by atoms with Crippen LogP contribution in [0.1, 0.15) is 12.5 Å². The zero-order valence-electron chi connectivity index (χ0n) is 11.3. The maximum Gasteiger partial charge on any atom is 0.463 e. The second kappa shape index (κ2) is 6.64. The van der Waals surface area contributed by atoms with Gasteiger partial charge in [-0.05, 0) is 37.3 Å². The maximum absolute atomic E-state index is 12.8. The molecule has 1 N–H and O–H groups in total. The van der Waals surface area contributed by atoms with Crippen LogP contribution in [0.2, 0.25) is 0 Å². The molecule has 1 atom stereocenters. The molecule has 0 spiro atoms. The third kappa shape index (κ3) is 4.59. The fourth-order valence-corrected chi connectivity index (χ4v) is 2.02. The van der Waals surface area contributed by atoms with Crippen LogP contribution in [0, 0.1) is 0 Å². The number of carbonyl (C=O) groups excluding carboxylic acids is 1. The molecule has 1 unspecified atom stereocenters. The van der Waals surface area contributed by atoms with Gasteiger partial charge in [0, 0.05) is 10.9 Å². The number of hydrogen-bond donors (Lipinski definition) is 1. The predicted octanol–water partition coefficient (Wildman–Crippen LogP) is 3.65. The summed E-state index contributed by atoms with van der Waals surface area (Å²) in [5.74, 6) is -7.72. The summed E-state index contributed by atoms with van der Waals surface area (Å²) in [7, 11) is 0. The van der Waals surface area contributed by atoms with E-state index in [1.807, 2.05) is 6.26 Å². The van der Waals surface area contributed by atoms with Gasteiger partial charge in [-0.25, -0.2) is 0 Å². The number of halogens is 5. The molecule has 1 aromatic carbocycles. The molecule has 0 bridgehead atoms. The molecule has 0 heterocycles. The van der Waals surface area contributed by atoms with E-state index < -0.39 is 24.0 Å². The monoisotopic (exact) mass is 327 g/mol. The predicted molar refractivity (Wildman–Crippen MR) is 70.5 cm³/mol. The second-order valence-corrected chi connectivity index (χ2v) is 5.38. The molecule has 0 aromatic heterocycles. The molecule has 1 aromatic rings. The first kappa shape index (κ1) is 17.7. The molecule has 118 valence electrons. The van der Waals surface area contributed by atoms with E-state index in [4.69, 9.17) is 0 Å². The minimum atomic E-state index is -5.89. The molecule has 1 rings (SSSR count). The van der Waals surface area contributed by atoms with Gasteiger partial charge in [-0.1, -0.05) is 12.1 Å². The van der Waals surface area contributed by atoms with Crippen molar-refractivity contribution >= 4 is 17.7 Å². The van der Waals surface area contributed by atoms with Gasteiger partial charge >= 0.3 is 18.0 Å². The van der Waals surface area contributed by atoms with Crippen LogP contribution in [0.5, 0.6) is 0 Å². The maximum atomic E-state index is 12.8. The average molecular weight is 327 g/mol. The van der Waals surface area contributed by atoms with Crippen molar-refractivity contribution in [2.24, 2.45) is 0 Å². The molecule has 0 fully saturated rings. The van der Waals surface area contributed by atoms with Crippen LogP contribution < -0.4 is 5.32 Å². The summed E-state index contributed by atoms with van der Waals surface area (Å²) in [6.07, 6.45) is -3.85. The Morgan fingerprint density at radius 3 is 2.14 bits per heavy atom. The van der Waals surface area contributed by atoms with Gasteiger partial charge in [-0.2, -0.15) is 22.0 Å². The van der Waals surface area contributed by atoms with Crippen molar-refractivity contribution in [1.82, 2.24) is 5.32 Å². The normalized spacial score (nSPS) is 13.9. The SMILES string of the molecule is CSc1ccc(CC(C)NC(=O)C(F)(F)C(F)(F)F)cc1. The number of nitrogens with one attached hydrogen (secondary N) is 1. The third-order valence-corrected chi connectivity index (χ3v) is 3.46. The van der Waals surface area contributed by atoms with Gasteiger partial charge in [0.05, 0.1) is 0 Å². The van der Waals surface area contributed by atoms with Gasteiger partial charge in [-0.3, -0.25) is 4.79 Å². The number of carbonyl (C=O) groups is 1. The Morgan fingerprint density at radius 2 is 1.71 bits per heavy atom. The zero-order chi connectivity index (χ0) is 16.3. The van der Waals surface area contributed by atoms with E-state index in [1.165, 1.54) is 18.7 Å². The molecule has 2 nitrogen and oxygen atoms in total. The fourth-order valence-electron chi connectivity index (χ4n) is 1.61. The van der Waals surface area contributed by atoms with Crippen molar-refractivity contribution in [1.29, 1.82) is 0 Å². The van der Waals surface area contributed by atoms with Gasteiger partial charge in [0.15, 0.2) is 0 Å². The van der Waals surface area contributed by atoms with Gasteiger partial charge in [0.2, 0.25) is 0 Å². The Labute approximate surface area is 123 Å². The van der Waals surface area contributed by atoms with Gasteiger partial charge in [0.25, 0.3) is 0 Å². The molecule has 1 amide bonds. The quantitative estimate of drug-likeness (QED) is 0.661. The van der Waals surface area contributed by atoms with Crippen LogP contribution in [-0.4, -0.2) is 30.3 Å². The topological polar surface area (TPSA) is 29.1 Å². The number of alkyl halides is 5. The van der Waals surface area contributed by atoms with E-state index in [9.17, 15) is 26.7 Å². The van der Waals surface area contributed by atoms with Gasteiger partial charge < -0.3 is 5.32 Å². The lowest BCUT2D eigenvalue weighted by molar-refractivity contribution is -0.270. The minimum absolute atomic E-state index is 0.161. The van der Waals surface area contributed by atoms with Crippen molar-refractivity contribution < 1.29 is 26.7 Å². The number of rotatable bonds is 5. The van der Waals surface area contributed by atoms with E-state index in [2.05, 4.69) is 0 Å². The van der Waals surface area contributed by atoms with Crippen molar-refractivity contribution in [3.05, 3.63) is 29.8 Å². The third-order valence-electron chi connectivity index (χ3n) is 2.72. The summed E-state index contributed by atoms with van der Waals surface area (Å²) in [6.45, 7) is 1.37. The number of benzene rings is 1. The Morgan fingerprint density at radius 1 is 1.19 bits per heavy atom. The lowest BCUT2D eigenvalue weighted by Crippen LogP contribution is -2.52. The molecule has 8 heteroatoms. The van der Waals surface area contributed by atoms with Crippen LogP contribution >= 0.6 is 11.8 Å². The molecular formula is C13H14F5NOS. The highest BCUT2D eigenvalue weighted by atomic mass is 32.2. The molecule has 0 radical (unpaired) electrons. The zero-order valence-corrected chi connectivity index (χ0v) is 12.1. The van der Waals surface area contributed by atoms with Crippen molar-refractivity contribution in [3.8, 4) is 0 Å². The Hall–Kier alpha value is -1.31. The summed E-state index contributed by atoms with van der Waals surface area (Å²) >= 11 is 1.52. The van der Waals surface area contributed by atoms with Crippen molar-refractivity contribution in [2.75, 3.05) is 6.26 Å². The highest BCUT2D eigenvalue weighted by Gasteiger charge is 2.63. The van der Waals surface area contributed by atoms with Crippen LogP contribution in [0.25, 0.3) is 0 Å². The first-order valence-corrected chi connectivity index (χ1v) is 7.19. The van der Waals surface area contributed by atoms with Crippen LogP contribution in [0.3, 0.4) is 0 Å². The molecule has 0 saturated heterocycles. The summed E-state index contributed by atoms with van der Waals surface area (Å²) in [5, 5.41) is 1.69. The molecule has 0 aliphatic heterocycles. The molecule has 0 saturated carbocycles. The van der Waals surface area contributed by atoms with E-state index in [0.29, 0.717) is 0 Å². The molecular weight excluding hydrogens is 313 g/mol. The number of amides is 1. The smallest absolute Gasteiger partial charge is 0.348 e. The largest absolute Gasteiger partial charge is 0.463 e. The van der Waals surface area contributed by atoms with E-state index in [1.54, 1.807) is 29.6 Å². The summed E-state index contributed by atoms with van der Waals surface area (Å²) in [6, 6.07) is 6.23. The lowest BCUT2D eigenvalue weighted by Gasteiger charge is -2.21. The summed E-state index contributed by atoms with van der Waals surface area (Å²) in [4.78, 5) is 12.0. The standard InChI is InChI=1S/C13H14F5NOS/c1-8(7-9-3-5-10(21-2)6-4-9)19-11(20)12(14,15)13(16,17)18/h3-6,8H,7H2,1-2H3,(H,19,20). The van der Waals surface area contributed by atoms with E-state index in [0.717, 1.165) is 10.5 Å². The summed E-state index contributed by atoms with van der Waals surface area (Å²) < 4.78 is 61.7. The van der Waals surface area contributed by atoms with E-state index >= 15 is 0 Å². The molecule has 0 aliphatic carbocycles. The van der Waals surface area contributed by atoms with E-state index in [-0.39, 0.29) is 6.42 Å². The minimum Gasteiger partial charge on any atom is -0.348 e. The number of thioether (sulfide) groups is 1. The Balaban J connectivity index is 2.64. The first-order chi connectivity index (χ1) is 9.57. The van der Waals surface area contributed by atoms with Crippen molar-refractivity contribution in [3.63, 3.8) is 0 Å². The highest BCUT2D eigenvalue weighted by molar-refractivity contribution is 7.98. The first-order valence-electron chi connectivity index (χ1n) is 5.96.